The van der Waals surface area contributed by atoms with Crippen molar-refractivity contribution in [3.05, 3.63) is 36.7 Å². The van der Waals surface area contributed by atoms with E-state index in [0.717, 1.165) is 55.3 Å². The van der Waals surface area contributed by atoms with Crippen molar-refractivity contribution in [1.29, 1.82) is 5.26 Å². The molecule has 3 aromatic heterocycles. The Labute approximate surface area is 145 Å². The topological polar surface area (TPSA) is 87.0 Å². The molecule has 0 saturated carbocycles. The van der Waals surface area contributed by atoms with Crippen LogP contribution in [0.2, 0.25) is 0 Å². The molecule has 4 rings (SSSR count). The molecule has 0 unspecified atom stereocenters. The van der Waals surface area contributed by atoms with Gasteiger partial charge in [-0.25, -0.2) is 14.6 Å². The molecule has 1 aliphatic heterocycles. The highest BCUT2D eigenvalue weighted by Crippen LogP contribution is 2.24. The van der Waals surface area contributed by atoms with E-state index in [1.165, 1.54) is 0 Å². The minimum atomic E-state index is 0.418. The van der Waals surface area contributed by atoms with Crippen molar-refractivity contribution >= 4 is 16.9 Å². The van der Waals surface area contributed by atoms with Crippen LogP contribution >= 0.6 is 0 Å². The molecule has 1 saturated heterocycles. The van der Waals surface area contributed by atoms with Crippen molar-refractivity contribution < 1.29 is 4.42 Å². The molecule has 25 heavy (non-hydrogen) atoms. The number of anilines is 1. The molecule has 0 amide bonds. The van der Waals surface area contributed by atoms with Gasteiger partial charge in [-0.3, -0.25) is 4.90 Å². The summed E-state index contributed by atoms with van der Waals surface area (Å²) < 4.78 is 7.21. The van der Waals surface area contributed by atoms with E-state index in [0.29, 0.717) is 13.0 Å². The number of piperazine rings is 1. The highest BCUT2D eigenvalue weighted by atomic mass is 16.3. The quantitative estimate of drug-likeness (QED) is 0.699. The van der Waals surface area contributed by atoms with Crippen molar-refractivity contribution in [3.8, 4) is 6.07 Å². The Bertz CT molecular complexity index is 872. The smallest absolute Gasteiger partial charge is 0.163 e. The second kappa shape index (κ2) is 6.91. The summed E-state index contributed by atoms with van der Waals surface area (Å²) >= 11 is 0. The van der Waals surface area contributed by atoms with E-state index >= 15 is 0 Å². The molecule has 1 fully saturated rings. The highest BCUT2D eigenvalue weighted by molar-refractivity contribution is 5.86. The summed E-state index contributed by atoms with van der Waals surface area (Å²) in [4.78, 5) is 13.5. The first-order valence-corrected chi connectivity index (χ1v) is 8.38. The summed E-state index contributed by atoms with van der Waals surface area (Å²) in [5.41, 5.74) is 0.790. The highest BCUT2D eigenvalue weighted by Gasteiger charge is 2.21. The lowest BCUT2D eigenvalue weighted by molar-refractivity contribution is 0.230. The van der Waals surface area contributed by atoms with Crippen molar-refractivity contribution in [2.45, 2.75) is 19.5 Å². The van der Waals surface area contributed by atoms with Crippen molar-refractivity contribution in [2.24, 2.45) is 0 Å². The van der Waals surface area contributed by atoms with Gasteiger partial charge in [0.2, 0.25) is 0 Å². The van der Waals surface area contributed by atoms with E-state index in [-0.39, 0.29) is 0 Å². The van der Waals surface area contributed by atoms with E-state index in [4.69, 9.17) is 9.68 Å². The van der Waals surface area contributed by atoms with E-state index in [2.05, 4.69) is 30.9 Å². The van der Waals surface area contributed by atoms with Crippen LogP contribution in [0.3, 0.4) is 0 Å². The molecule has 0 aliphatic carbocycles. The molecule has 1 aliphatic rings. The van der Waals surface area contributed by atoms with Crippen LogP contribution in [-0.4, -0.2) is 50.8 Å². The largest absolute Gasteiger partial charge is 0.468 e. The van der Waals surface area contributed by atoms with Gasteiger partial charge in [-0.1, -0.05) is 0 Å². The number of rotatable bonds is 5. The van der Waals surface area contributed by atoms with Gasteiger partial charge in [-0.15, -0.1) is 0 Å². The number of hydrogen-bond acceptors (Lipinski definition) is 7. The summed E-state index contributed by atoms with van der Waals surface area (Å²) in [5, 5.41) is 14.1. The van der Waals surface area contributed by atoms with E-state index < -0.39 is 0 Å². The minimum Gasteiger partial charge on any atom is -0.468 e. The fourth-order valence-electron chi connectivity index (χ4n) is 3.19. The van der Waals surface area contributed by atoms with Gasteiger partial charge in [0.1, 0.15) is 17.9 Å². The van der Waals surface area contributed by atoms with Gasteiger partial charge >= 0.3 is 0 Å². The number of aromatic nitrogens is 4. The fraction of sp³-hybridized carbons (Fsp3) is 0.412. The first kappa shape index (κ1) is 15.6. The summed E-state index contributed by atoms with van der Waals surface area (Å²) in [6, 6.07) is 6.08. The third kappa shape index (κ3) is 3.19. The summed E-state index contributed by atoms with van der Waals surface area (Å²) in [6.07, 6.45) is 5.52. The van der Waals surface area contributed by atoms with Gasteiger partial charge in [0.05, 0.1) is 43.4 Å². The normalized spacial score (nSPS) is 15.6. The number of aryl methyl sites for hydroxylation is 1. The van der Waals surface area contributed by atoms with Crippen molar-refractivity contribution in [3.63, 3.8) is 0 Å². The third-order valence-electron chi connectivity index (χ3n) is 4.48. The lowest BCUT2D eigenvalue weighted by Crippen LogP contribution is -2.46. The summed E-state index contributed by atoms with van der Waals surface area (Å²) in [5.74, 6) is 1.92. The average molecular weight is 337 g/mol. The van der Waals surface area contributed by atoms with Gasteiger partial charge < -0.3 is 9.32 Å². The monoisotopic (exact) mass is 337 g/mol. The van der Waals surface area contributed by atoms with Crippen LogP contribution in [0.4, 0.5) is 5.82 Å². The Balaban J connectivity index is 1.47. The van der Waals surface area contributed by atoms with Gasteiger partial charge in [0.25, 0.3) is 0 Å². The second-order valence-corrected chi connectivity index (χ2v) is 6.05. The zero-order valence-corrected chi connectivity index (χ0v) is 13.9. The number of fused-ring (bicyclic) bond motifs is 1. The number of nitriles is 1. The lowest BCUT2D eigenvalue weighted by Gasteiger charge is -2.35. The molecule has 3 aromatic rings. The number of hydrogen-bond donors (Lipinski definition) is 0. The molecule has 0 bridgehead atoms. The zero-order valence-electron chi connectivity index (χ0n) is 13.9. The van der Waals surface area contributed by atoms with Gasteiger partial charge in [-0.2, -0.15) is 10.4 Å². The predicted molar refractivity (Wildman–Crippen MR) is 91.8 cm³/mol. The second-order valence-electron chi connectivity index (χ2n) is 6.05. The fourth-order valence-corrected chi connectivity index (χ4v) is 3.19. The maximum absolute atomic E-state index is 8.77. The summed E-state index contributed by atoms with van der Waals surface area (Å²) in [7, 11) is 0. The first-order chi connectivity index (χ1) is 12.3. The van der Waals surface area contributed by atoms with Crippen LogP contribution in [0, 0.1) is 11.3 Å². The predicted octanol–water partition coefficient (Wildman–Crippen LogP) is 1.66. The van der Waals surface area contributed by atoms with Crippen LogP contribution in [-0.2, 0) is 13.1 Å². The SMILES string of the molecule is N#CCCn1ncc2c(N3CCN(Cc4ccco4)CC3)ncnc21. The van der Waals surface area contributed by atoms with E-state index in [1.807, 2.05) is 12.1 Å². The van der Waals surface area contributed by atoms with Crippen LogP contribution in [0.1, 0.15) is 12.2 Å². The molecular weight excluding hydrogens is 318 g/mol. The van der Waals surface area contributed by atoms with Crippen LogP contribution in [0.25, 0.3) is 11.0 Å². The zero-order chi connectivity index (χ0) is 17.1. The molecule has 0 N–H and O–H groups in total. The van der Waals surface area contributed by atoms with Crippen LogP contribution < -0.4 is 4.90 Å². The van der Waals surface area contributed by atoms with Gasteiger partial charge in [0, 0.05) is 26.2 Å². The van der Waals surface area contributed by atoms with E-state index in [9.17, 15) is 0 Å². The van der Waals surface area contributed by atoms with Crippen molar-refractivity contribution in [2.75, 3.05) is 31.1 Å². The third-order valence-corrected chi connectivity index (χ3v) is 4.48. The Morgan fingerprint density at radius 1 is 1.20 bits per heavy atom. The molecule has 8 heteroatoms. The molecule has 0 spiro atoms. The molecule has 128 valence electrons. The molecule has 0 aromatic carbocycles. The Kier molecular flexibility index (Phi) is 4.31. The molecule has 8 nitrogen and oxygen atoms in total. The molecule has 4 heterocycles. The molecule has 0 atom stereocenters. The molecule has 0 radical (unpaired) electrons. The molecular formula is C17H19N7O. The van der Waals surface area contributed by atoms with Crippen LogP contribution in [0.15, 0.2) is 35.3 Å². The van der Waals surface area contributed by atoms with Crippen molar-refractivity contribution in [1.82, 2.24) is 24.6 Å². The minimum absolute atomic E-state index is 0.418. The maximum Gasteiger partial charge on any atom is 0.163 e. The number of nitrogens with zero attached hydrogens (tertiary/aromatic N) is 7. The Hall–Kier alpha value is -2.92. The summed E-state index contributed by atoms with van der Waals surface area (Å²) in [6.45, 7) is 5.09. The number of furan rings is 1. The van der Waals surface area contributed by atoms with Gasteiger partial charge in [0.15, 0.2) is 5.65 Å². The van der Waals surface area contributed by atoms with E-state index in [1.54, 1.807) is 23.5 Å². The Morgan fingerprint density at radius 3 is 2.84 bits per heavy atom. The lowest BCUT2D eigenvalue weighted by atomic mass is 10.2. The van der Waals surface area contributed by atoms with Gasteiger partial charge in [-0.05, 0) is 12.1 Å². The standard InChI is InChI=1S/C17H19N7O/c18-4-2-5-24-17-15(11-21-24)16(19-13-20-17)23-8-6-22(7-9-23)12-14-3-1-10-25-14/h1,3,10-11,13H,2,5-9,12H2. The van der Waals surface area contributed by atoms with Crippen LogP contribution in [0.5, 0.6) is 0 Å². The average Bonchev–Trinajstić information content (AvgIpc) is 3.30. The maximum atomic E-state index is 8.77. The first-order valence-electron chi connectivity index (χ1n) is 8.38. The Morgan fingerprint density at radius 2 is 2.08 bits per heavy atom.